The van der Waals surface area contributed by atoms with Crippen LogP contribution in [-0.2, 0) is 25.7 Å². The van der Waals surface area contributed by atoms with Crippen molar-refractivity contribution in [2.45, 2.75) is 62.9 Å². The molecule has 0 saturated carbocycles. The fourth-order valence-electron chi connectivity index (χ4n) is 6.22. The first kappa shape index (κ1) is 37.0. The lowest BCUT2D eigenvalue weighted by Gasteiger charge is -2.47. The number of β-lactam (4-membered cyclic amide) rings is 1. The topological polar surface area (TPSA) is 93.1 Å². The molecule has 0 bridgehead atoms. The van der Waals surface area contributed by atoms with Crippen LogP contribution in [0.2, 0.25) is 18.1 Å². The summed E-state index contributed by atoms with van der Waals surface area (Å²) in [6.07, 6.45) is -0.923. The van der Waals surface area contributed by atoms with Gasteiger partial charge in [0.1, 0.15) is 23.9 Å². The fraction of sp³-hybridized carbons (Fsp3) is 0.262. The summed E-state index contributed by atoms with van der Waals surface area (Å²) >= 11 is 0. The van der Waals surface area contributed by atoms with Gasteiger partial charge >= 0.3 is 0 Å². The number of phenolic OH excluding ortho intramolecular Hbond substituents is 1. The molecule has 0 aromatic heterocycles. The molecule has 1 aliphatic rings. The molecule has 1 aliphatic heterocycles. The fourth-order valence-corrected chi connectivity index (χ4v) is 9.59. The lowest BCUT2D eigenvalue weighted by molar-refractivity contribution is -0.123. The Balaban J connectivity index is 1.45. The van der Waals surface area contributed by atoms with E-state index in [2.05, 4.69) is 20.8 Å². The van der Waals surface area contributed by atoms with Crippen LogP contribution in [0.25, 0.3) is 11.1 Å². The predicted octanol–water partition coefficient (Wildman–Crippen LogP) is 9.41. The van der Waals surface area contributed by atoms with E-state index in [0.29, 0.717) is 22.6 Å². The van der Waals surface area contributed by atoms with E-state index >= 15 is 0 Å². The average molecular weight is 738 g/mol. The van der Waals surface area contributed by atoms with E-state index in [1.807, 2.05) is 67.7 Å². The Bertz CT molecular complexity index is 2140. The van der Waals surface area contributed by atoms with Crippen molar-refractivity contribution in [1.82, 2.24) is 0 Å². The maximum absolute atomic E-state index is 14.7. The summed E-state index contributed by atoms with van der Waals surface area (Å²) in [5.41, 5.74) is 4.02. The van der Waals surface area contributed by atoms with Gasteiger partial charge in [-0.25, -0.2) is 12.8 Å². The highest BCUT2D eigenvalue weighted by atomic mass is 32.2. The van der Waals surface area contributed by atoms with Crippen molar-refractivity contribution in [2.75, 3.05) is 10.7 Å². The molecule has 0 unspecified atom stereocenters. The maximum atomic E-state index is 14.7. The second-order valence-electron chi connectivity index (χ2n) is 14.7. The molecule has 6 rings (SSSR count). The molecule has 1 saturated heterocycles. The zero-order valence-electron chi connectivity index (χ0n) is 30.0. The van der Waals surface area contributed by atoms with Gasteiger partial charge in [-0.3, -0.25) is 4.79 Å². The highest BCUT2D eigenvalue weighted by Crippen LogP contribution is 2.48. The first-order chi connectivity index (χ1) is 24.6. The van der Waals surface area contributed by atoms with Gasteiger partial charge in [-0.1, -0.05) is 106 Å². The number of halogens is 1. The molecule has 1 fully saturated rings. The molecule has 0 aliphatic carbocycles. The average Bonchev–Trinajstić information content (AvgIpc) is 3.10. The highest BCUT2D eigenvalue weighted by Gasteiger charge is 2.57. The third-order valence-corrected chi connectivity index (χ3v) is 16.6. The summed E-state index contributed by atoms with van der Waals surface area (Å²) < 4.78 is 56.7. The minimum absolute atomic E-state index is 0.106. The van der Waals surface area contributed by atoms with Gasteiger partial charge in [-0.2, -0.15) is 0 Å². The Kier molecular flexibility index (Phi) is 10.5. The number of hydrogen-bond donors (Lipinski definition) is 1. The molecule has 5 aromatic rings. The summed E-state index contributed by atoms with van der Waals surface area (Å²) in [6, 6.07) is 35.7. The van der Waals surface area contributed by atoms with Crippen LogP contribution in [0.4, 0.5) is 10.1 Å². The molecule has 7 nitrogen and oxygen atoms in total. The van der Waals surface area contributed by atoms with Gasteiger partial charge in [-0.15, -0.1) is 0 Å². The van der Waals surface area contributed by atoms with Crippen LogP contribution in [0.3, 0.4) is 0 Å². The Morgan fingerprint density at radius 1 is 0.827 bits per heavy atom. The minimum Gasteiger partial charge on any atom is -0.508 e. The summed E-state index contributed by atoms with van der Waals surface area (Å²) in [5.74, 6) is -0.941. The van der Waals surface area contributed by atoms with Gasteiger partial charge < -0.3 is 19.2 Å². The van der Waals surface area contributed by atoms with Crippen LogP contribution >= 0.6 is 0 Å². The third-order valence-electron chi connectivity index (χ3n) is 10.1. The number of benzene rings is 5. The first-order valence-electron chi connectivity index (χ1n) is 17.3. The number of ether oxygens (including phenoxy) is 1. The van der Waals surface area contributed by atoms with E-state index in [0.717, 1.165) is 16.7 Å². The van der Waals surface area contributed by atoms with E-state index in [4.69, 9.17) is 9.16 Å². The number of anilines is 1. The molecule has 5 aromatic carbocycles. The molecule has 1 N–H and O–H groups in total. The number of carbonyl (C=O) groups excluding carboxylic acids is 1. The van der Waals surface area contributed by atoms with Crippen LogP contribution in [0.15, 0.2) is 127 Å². The number of nitrogens with zero attached hydrogens (tertiary/aromatic N) is 1. The first-order valence-corrected chi connectivity index (χ1v) is 21.9. The number of aromatic hydroxyl groups is 1. The maximum Gasteiger partial charge on any atom is 0.248 e. The molecule has 10 heteroatoms. The standard InChI is InChI=1S/C42H44FNO6SSi/c1-42(2,3)52(4,5)50-38(30-19-22-33(43)23-20-30)28-51(47,48)40-39(44(41(40)46)34-16-10-7-11-17-34)36-24-21-32(31-15-12-18-35(45)25-31)26-37(36)49-27-29-13-8-6-9-14-29/h6-26,38-40,45H,27-28H2,1-5H3/t38-,39-,40-/m1/s1. The summed E-state index contributed by atoms with van der Waals surface area (Å²) in [7, 11) is -6.76. The smallest absolute Gasteiger partial charge is 0.248 e. The van der Waals surface area contributed by atoms with Crippen molar-refractivity contribution in [3.05, 3.63) is 150 Å². The number of carbonyl (C=O) groups is 1. The second kappa shape index (κ2) is 14.7. The lowest BCUT2D eigenvalue weighted by Crippen LogP contribution is -2.63. The minimum atomic E-state index is -4.21. The van der Waals surface area contributed by atoms with Crippen LogP contribution < -0.4 is 9.64 Å². The summed E-state index contributed by atoms with van der Waals surface area (Å²) in [5, 5.41) is 8.53. The van der Waals surface area contributed by atoms with Crippen LogP contribution in [0.5, 0.6) is 11.5 Å². The number of sulfone groups is 1. The lowest BCUT2D eigenvalue weighted by atomic mass is 9.90. The quantitative estimate of drug-likeness (QED) is 0.101. The molecule has 1 heterocycles. The van der Waals surface area contributed by atoms with Crippen molar-refractivity contribution in [1.29, 1.82) is 0 Å². The van der Waals surface area contributed by atoms with Gasteiger partial charge in [0.25, 0.3) is 0 Å². The molecular formula is C42H44FNO6SSi. The number of rotatable bonds is 12. The van der Waals surface area contributed by atoms with Crippen LogP contribution in [-0.4, -0.2) is 38.8 Å². The number of amides is 1. The molecule has 0 radical (unpaired) electrons. The Morgan fingerprint density at radius 2 is 1.46 bits per heavy atom. The molecule has 3 atom stereocenters. The molecule has 270 valence electrons. The molecule has 1 amide bonds. The monoisotopic (exact) mass is 737 g/mol. The molecule has 52 heavy (non-hydrogen) atoms. The number of hydrogen-bond acceptors (Lipinski definition) is 6. The van der Waals surface area contributed by atoms with Crippen LogP contribution in [0, 0.1) is 5.82 Å². The Labute approximate surface area is 306 Å². The predicted molar refractivity (Wildman–Crippen MR) is 206 cm³/mol. The summed E-state index contributed by atoms with van der Waals surface area (Å²) in [4.78, 5) is 15.7. The zero-order chi connectivity index (χ0) is 37.3. The van der Waals surface area contributed by atoms with Gasteiger partial charge in [-0.05, 0) is 82.9 Å². The zero-order valence-corrected chi connectivity index (χ0v) is 31.8. The van der Waals surface area contributed by atoms with E-state index in [1.165, 1.54) is 17.0 Å². The van der Waals surface area contributed by atoms with Gasteiger partial charge in [0, 0.05) is 11.3 Å². The Morgan fingerprint density at radius 3 is 2.10 bits per heavy atom. The second-order valence-corrected chi connectivity index (χ2v) is 21.7. The van der Waals surface area contributed by atoms with Crippen molar-refractivity contribution < 1.29 is 31.9 Å². The molecular weight excluding hydrogens is 694 g/mol. The van der Waals surface area contributed by atoms with Crippen molar-refractivity contribution in [3.63, 3.8) is 0 Å². The van der Waals surface area contributed by atoms with Gasteiger partial charge in [0.15, 0.2) is 23.4 Å². The Hall–Kier alpha value is -4.77. The van der Waals surface area contributed by atoms with E-state index in [9.17, 15) is 22.7 Å². The third kappa shape index (κ3) is 7.84. The van der Waals surface area contributed by atoms with Gasteiger partial charge in [0.2, 0.25) is 5.91 Å². The number of phenols is 1. The van der Waals surface area contributed by atoms with E-state index < -0.39 is 53.0 Å². The molecule has 0 spiro atoms. The normalized spacial score (nSPS) is 17.0. The van der Waals surface area contributed by atoms with Crippen LogP contribution in [0.1, 0.15) is 49.6 Å². The van der Waals surface area contributed by atoms with E-state index in [1.54, 1.807) is 60.7 Å². The van der Waals surface area contributed by atoms with Crippen molar-refractivity contribution in [2.24, 2.45) is 0 Å². The van der Waals surface area contributed by atoms with E-state index in [-0.39, 0.29) is 17.4 Å². The van der Waals surface area contributed by atoms with Crippen molar-refractivity contribution in [3.8, 4) is 22.6 Å². The largest absolute Gasteiger partial charge is 0.508 e. The summed E-state index contributed by atoms with van der Waals surface area (Å²) in [6.45, 7) is 10.5. The highest BCUT2D eigenvalue weighted by molar-refractivity contribution is 7.93. The van der Waals surface area contributed by atoms with Gasteiger partial charge in [0.05, 0.1) is 17.9 Å². The number of para-hydroxylation sites is 1. The van der Waals surface area contributed by atoms with Crippen molar-refractivity contribution >= 4 is 29.7 Å². The SMILES string of the molecule is CC(C)(C)[Si](C)(C)O[C@H](CS(=O)(=O)[C@H]1C(=O)N(c2ccccc2)[C@@H]1c1ccc(-c2cccc(O)c2)cc1OCc1ccccc1)c1ccc(F)cc1.